The lowest BCUT2D eigenvalue weighted by molar-refractivity contribution is 0.263. The van der Waals surface area contributed by atoms with Crippen molar-refractivity contribution >= 4 is 0 Å². The fourth-order valence-electron chi connectivity index (χ4n) is 2.33. The molecule has 1 fully saturated rings. The van der Waals surface area contributed by atoms with Crippen molar-refractivity contribution in [2.45, 2.75) is 25.4 Å². The molecule has 2 aromatic carbocycles. The molecule has 1 saturated heterocycles. The Morgan fingerprint density at radius 2 is 1.80 bits per heavy atom. The molecule has 0 saturated carbocycles. The topological polar surface area (TPSA) is 21.8 Å². The minimum Gasteiger partial charge on any atom is -0.491 e. The Morgan fingerprint density at radius 3 is 2.45 bits per heavy atom. The van der Waals surface area contributed by atoms with E-state index < -0.39 is 0 Å². The van der Waals surface area contributed by atoms with Crippen LogP contribution in [0.25, 0.3) is 0 Å². The summed E-state index contributed by atoms with van der Waals surface area (Å²) >= 11 is 0. The van der Waals surface area contributed by atoms with Crippen molar-refractivity contribution in [3.05, 3.63) is 65.7 Å². The van der Waals surface area contributed by atoms with Gasteiger partial charge in [0.1, 0.15) is 18.5 Å². The monoisotopic (exact) mass is 268 g/mol. The summed E-state index contributed by atoms with van der Waals surface area (Å²) in [5, 5.41) is 0. The van der Waals surface area contributed by atoms with Gasteiger partial charge in [0.15, 0.2) is 0 Å². The smallest absolute Gasteiger partial charge is 0.119 e. The van der Waals surface area contributed by atoms with Crippen LogP contribution < -0.4 is 4.74 Å². The van der Waals surface area contributed by atoms with Crippen molar-refractivity contribution in [1.82, 2.24) is 0 Å². The molecule has 0 N–H and O–H groups in total. The Kier molecular flexibility index (Phi) is 4.03. The van der Waals surface area contributed by atoms with E-state index >= 15 is 0 Å². The molecule has 0 spiro atoms. The molecule has 2 nitrogen and oxygen atoms in total. The molecule has 2 heteroatoms. The number of epoxide rings is 1. The number of benzene rings is 2. The third-order valence-corrected chi connectivity index (χ3v) is 3.67. The minimum atomic E-state index is 0.313. The van der Waals surface area contributed by atoms with E-state index in [1.165, 1.54) is 11.1 Å². The van der Waals surface area contributed by atoms with Crippen LogP contribution in [0.1, 0.15) is 24.0 Å². The van der Waals surface area contributed by atoms with Crippen LogP contribution in [0.5, 0.6) is 5.75 Å². The standard InChI is InChI=1S/C18H20O2/c1-14(16-5-3-2-4-6-16)11-15-7-9-17(10-8-15)19-12-18-13-20-18/h2-10,14,18H,11-13H2,1H3. The zero-order chi connectivity index (χ0) is 13.8. The molecular weight excluding hydrogens is 248 g/mol. The van der Waals surface area contributed by atoms with Gasteiger partial charge < -0.3 is 9.47 Å². The highest BCUT2D eigenvalue weighted by Gasteiger charge is 2.22. The van der Waals surface area contributed by atoms with Crippen molar-refractivity contribution in [2.24, 2.45) is 0 Å². The Morgan fingerprint density at radius 1 is 1.10 bits per heavy atom. The maximum atomic E-state index is 5.65. The number of ether oxygens (including phenoxy) is 2. The van der Waals surface area contributed by atoms with Crippen LogP contribution in [-0.4, -0.2) is 19.3 Å². The van der Waals surface area contributed by atoms with Crippen molar-refractivity contribution in [2.75, 3.05) is 13.2 Å². The largest absolute Gasteiger partial charge is 0.491 e. The van der Waals surface area contributed by atoms with Gasteiger partial charge in [-0.3, -0.25) is 0 Å². The second-order valence-corrected chi connectivity index (χ2v) is 5.43. The summed E-state index contributed by atoms with van der Waals surface area (Å²) in [4.78, 5) is 0. The molecule has 1 aliphatic rings. The predicted octanol–water partition coefficient (Wildman–Crippen LogP) is 3.81. The highest BCUT2D eigenvalue weighted by molar-refractivity contribution is 5.29. The van der Waals surface area contributed by atoms with E-state index in [0.29, 0.717) is 18.6 Å². The SMILES string of the molecule is CC(Cc1ccc(OCC2CO2)cc1)c1ccccc1. The minimum absolute atomic E-state index is 0.313. The van der Waals surface area contributed by atoms with Gasteiger partial charge in [-0.15, -0.1) is 0 Å². The Balaban J connectivity index is 1.56. The molecule has 1 aliphatic heterocycles. The quantitative estimate of drug-likeness (QED) is 0.743. The van der Waals surface area contributed by atoms with Gasteiger partial charge in [0.25, 0.3) is 0 Å². The van der Waals surface area contributed by atoms with Gasteiger partial charge >= 0.3 is 0 Å². The molecule has 104 valence electrons. The van der Waals surface area contributed by atoms with Gasteiger partial charge in [-0.1, -0.05) is 49.4 Å². The van der Waals surface area contributed by atoms with Gasteiger partial charge in [-0.2, -0.15) is 0 Å². The zero-order valence-corrected chi connectivity index (χ0v) is 11.8. The fraction of sp³-hybridized carbons (Fsp3) is 0.333. The summed E-state index contributed by atoms with van der Waals surface area (Å²) in [5.74, 6) is 1.46. The molecule has 0 bridgehead atoms. The first-order chi connectivity index (χ1) is 9.81. The fourth-order valence-corrected chi connectivity index (χ4v) is 2.33. The Labute approximate surface area is 120 Å². The van der Waals surface area contributed by atoms with Crippen molar-refractivity contribution in [3.63, 3.8) is 0 Å². The molecule has 3 rings (SSSR count). The van der Waals surface area contributed by atoms with Crippen molar-refractivity contribution in [3.8, 4) is 5.75 Å². The first-order valence-corrected chi connectivity index (χ1v) is 7.19. The Bertz CT molecular complexity index is 529. The van der Waals surface area contributed by atoms with E-state index in [9.17, 15) is 0 Å². The molecular formula is C18H20O2. The predicted molar refractivity (Wildman–Crippen MR) is 80.2 cm³/mol. The number of hydrogen-bond acceptors (Lipinski definition) is 2. The average Bonchev–Trinajstić information content (AvgIpc) is 3.32. The van der Waals surface area contributed by atoms with Gasteiger partial charge in [0, 0.05) is 0 Å². The summed E-state index contributed by atoms with van der Waals surface area (Å²) < 4.78 is 10.8. The van der Waals surface area contributed by atoms with E-state index in [-0.39, 0.29) is 0 Å². The zero-order valence-electron chi connectivity index (χ0n) is 11.8. The van der Waals surface area contributed by atoms with Crippen LogP contribution in [0.2, 0.25) is 0 Å². The summed E-state index contributed by atoms with van der Waals surface area (Å²) in [7, 11) is 0. The van der Waals surface area contributed by atoms with Crippen LogP contribution in [0, 0.1) is 0 Å². The second kappa shape index (κ2) is 6.10. The maximum absolute atomic E-state index is 5.65. The van der Waals surface area contributed by atoms with Crippen LogP contribution in [0.4, 0.5) is 0 Å². The molecule has 0 radical (unpaired) electrons. The summed E-state index contributed by atoms with van der Waals surface area (Å²) in [6.45, 7) is 3.77. The molecule has 0 aromatic heterocycles. The summed E-state index contributed by atoms with van der Waals surface area (Å²) in [5.41, 5.74) is 2.73. The highest BCUT2D eigenvalue weighted by Crippen LogP contribution is 2.22. The second-order valence-electron chi connectivity index (χ2n) is 5.43. The third-order valence-electron chi connectivity index (χ3n) is 3.67. The third kappa shape index (κ3) is 3.61. The van der Waals surface area contributed by atoms with E-state index in [0.717, 1.165) is 18.8 Å². The van der Waals surface area contributed by atoms with Crippen LogP contribution >= 0.6 is 0 Å². The molecule has 2 atom stereocenters. The van der Waals surface area contributed by atoms with E-state index in [4.69, 9.17) is 9.47 Å². The number of hydrogen-bond donors (Lipinski definition) is 0. The van der Waals surface area contributed by atoms with Crippen LogP contribution in [0.3, 0.4) is 0 Å². The van der Waals surface area contributed by atoms with Gasteiger partial charge in [-0.25, -0.2) is 0 Å². The van der Waals surface area contributed by atoms with Crippen LogP contribution in [-0.2, 0) is 11.2 Å². The molecule has 2 aromatic rings. The normalized spacial score (nSPS) is 18.6. The Hall–Kier alpha value is -1.80. The molecule has 2 unspecified atom stereocenters. The first kappa shape index (κ1) is 13.2. The van der Waals surface area contributed by atoms with Crippen molar-refractivity contribution in [1.29, 1.82) is 0 Å². The lowest BCUT2D eigenvalue weighted by Gasteiger charge is -2.12. The molecule has 20 heavy (non-hydrogen) atoms. The summed E-state index contributed by atoms with van der Waals surface area (Å²) in [6.07, 6.45) is 1.36. The molecule has 0 amide bonds. The van der Waals surface area contributed by atoms with Crippen molar-refractivity contribution < 1.29 is 9.47 Å². The maximum Gasteiger partial charge on any atom is 0.119 e. The van der Waals surface area contributed by atoms with E-state index in [2.05, 4.69) is 61.5 Å². The molecule has 1 heterocycles. The van der Waals surface area contributed by atoms with Gasteiger partial charge in [0.2, 0.25) is 0 Å². The average molecular weight is 268 g/mol. The summed E-state index contributed by atoms with van der Waals surface area (Å²) in [6, 6.07) is 19.1. The van der Waals surface area contributed by atoms with Gasteiger partial charge in [-0.05, 0) is 35.6 Å². The lowest BCUT2D eigenvalue weighted by atomic mass is 9.94. The first-order valence-electron chi connectivity index (χ1n) is 7.19. The van der Waals surface area contributed by atoms with Crippen LogP contribution in [0.15, 0.2) is 54.6 Å². The molecule has 0 aliphatic carbocycles. The highest BCUT2D eigenvalue weighted by atomic mass is 16.6. The van der Waals surface area contributed by atoms with Gasteiger partial charge in [0.05, 0.1) is 6.61 Å². The number of rotatable bonds is 6. The van der Waals surface area contributed by atoms with E-state index in [1.807, 2.05) is 0 Å². The lowest BCUT2D eigenvalue weighted by Crippen LogP contribution is -2.04. The van der Waals surface area contributed by atoms with E-state index in [1.54, 1.807) is 0 Å².